The van der Waals surface area contributed by atoms with Crippen molar-refractivity contribution < 1.29 is 21.8 Å². The maximum Gasteiger partial charge on any atom is 2.00 e. The van der Waals surface area contributed by atoms with Crippen molar-refractivity contribution in [2.75, 3.05) is 0 Å². The molecule has 0 aromatic rings. The molecule has 0 amide bonds. The minimum Gasteiger partial charge on any atom is -0.474 e. The molecule has 0 aliphatic carbocycles. The van der Waals surface area contributed by atoms with Gasteiger partial charge in [0.15, 0.2) is 0 Å². The van der Waals surface area contributed by atoms with Crippen LogP contribution in [0.5, 0.6) is 0 Å². The van der Waals surface area contributed by atoms with Crippen LogP contribution < -0.4 is 11.5 Å². The molecule has 8 heteroatoms. The molecule has 1 radical (unpaired) electrons. The zero-order valence-corrected chi connectivity index (χ0v) is 11.3. The van der Waals surface area contributed by atoms with Gasteiger partial charge in [0.25, 0.3) is 0 Å². The van der Waals surface area contributed by atoms with Gasteiger partial charge in [-0.1, -0.05) is 21.8 Å². The molecule has 0 unspecified atom stereocenters. The van der Waals surface area contributed by atoms with Crippen LogP contribution in [0.4, 0.5) is 0 Å². The predicted molar refractivity (Wildman–Crippen MR) is 69.8 cm³/mol. The predicted octanol–water partition coefficient (Wildman–Crippen LogP) is 0.841. The van der Waals surface area contributed by atoms with E-state index in [2.05, 4.69) is 79.1 Å². The van der Waals surface area contributed by atoms with Gasteiger partial charge in [0.05, 0.1) is 12.5 Å². The third-order valence-corrected chi connectivity index (χ3v) is 0.192. The van der Waals surface area contributed by atoms with E-state index in [9.17, 15) is 0 Å². The molecule has 0 aliphatic rings. The molecule has 0 aromatic carbocycles. The molecule has 0 rings (SSSR count). The Morgan fingerprint density at radius 2 is 1.21 bits per heavy atom. The van der Waals surface area contributed by atoms with Gasteiger partial charge in [-0.3, -0.25) is 0 Å². The van der Waals surface area contributed by atoms with Gasteiger partial charge < -0.3 is 65.9 Å². The van der Waals surface area contributed by atoms with Crippen LogP contribution >= 0.6 is 24.4 Å². The summed E-state index contributed by atoms with van der Waals surface area (Å²) in [5.41, 5.74) is 9.31. The van der Waals surface area contributed by atoms with E-state index in [1.165, 1.54) is 12.5 Å². The summed E-state index contributed by atoms with van der Waals surface area (Å²) >= 11 is 16.5. The van der Waals surface area contributed by atoms with Gasteiger partial charge in [-0.15, -0.1) is 0 Å². The Kier molecular flexibility index (Phi) is 39.1. The van der Waals surface area contributed by atoms with Gasteiger partial charge in [0.1, 0.15) is 0 Å². The van der Waals surface area contributed by atoms with Crippen LogP contribution in [0, 0.1) is 0 Å². The first kappa shape index (κ1) is 23.7. The first-order valence-electron chi connectivity index (χ1n) is 2.68. The molecule has 0 aromatic heterocycles. The number of ether oxygens (including phenoxy) is 1. The van der Waals surface area contributed by atoms with Crippen LogP contribution in [0.15, 0.2) is 25.7 Å². The Bertz CT molecular complexity index is 151. The Labute approximate surface area is 117 Å². The second-order valence-corrected chi connectivity index (χ2v) is 3.38. The monoisotopic (exact) mass is 317 g/mol. The Balaban J connectivity index is -0.0000000522. The molecule has 14 heavy (non-hydrogen) atoms. The molecular formula is C6H10CuN2OS4. The molecule has 85 valence electrons. The Hall–Kier alpha value is 0.0195. The van der Waals surface area contributed by atoms with E-state index < -0.39 is 0 Å². The van der Waals surface area contributed by atoms with Crippen molar-refractivity contribution in [2.24, 2.45) is 11.5 Å². The summed E-state index contributed by atoms with van der Waals surface area (Å²) in [6.45, 7) is 6.51. The summed E-state index contributed by atoms with van der Waals surface area (Å²) in [4.78, 5) is 0. The fourth-order valence-corrected chi connectivity index (χ4v) is 0.0680. The van der Waals surface area contributed by atoms with Crippen LogP contribution in [-0.4, -0.2) is 8.64 Å². The largest absolute Gasteiger partial charge is 2.00 e. The molecule has 0 atom stereocenters. The smallest absolute Gasteiger partial charge is 0.474 e. The molecule has 0 saturated carbocycles. The topological polar surface area (TPSA) is 61.3 Å². The SMILES string of the molecule is C=COC=C.NC(=S)[S-].NC(=S)[S-].[Cu+2]. The van der Waals surface area contributed by atoms with Crippen molar-refractivity contribution in [3.05, 3.63) is 25.7 Å². The van der Waals surface area contributed by atoms with Crippen molar-refractivity contribution in [1.29, 1.82) is 0 Å². The van der Waals surface area contributed by atoms with E-state index in [4.69, 9.17) is 0 Å². The van der Waals surface area contributed by atoms with Crippen LogP contribution in [0.3, 0.4) is 0 Å². The maximum absolute atomic E-state index is 4.66. The first-order chi connectivity index (χ1) is 5.88. The Morgan fingerprint density at radius 1 is 1.07 bits per heavy atom. The quantitative estimate of drug-likeness (QED) is 0.339. The summed E-state index contributed by atoms with van der Waals surface area (Å²) in [5.74, 6) is 0. The van der Waals surface area contributed by atoms with E-state index in [1.807, 2.05) is 0 Å². The zero-order valence-electron chi connectivity index (χ0n) is 7.07. The third kappa shape index (κ3) is 358. The van der Waals surface area contributed by atoms with Gasteiger partial charge in [-0.05, 0) is 0 Å². The molecule has 0 aliphatic heterocycles. The number of hydrogen-bond acceptors (Lipinski definition) is 5. The van der Waals surface area contributed by atoms with Crippen molar-refractivity contribution in [3.8, 4) is 0 Å². The molecule has 0 fully saturated rings. The number of rotatable bonds is 2. The van der Waals surface area contributed by atoms with E-state index in [0.717, 1.165) is 0 Å². The molecule has 0 saturated heterocycles. The van der Waals surface area contributed by atoms with Gasteiger partial charge >= 0.3 is 17.1 Å². The van der Waals surface area contributed by atoms with E-state index in [0.29, 0.717) is 0 Å². The average molecular weight is 318 g/mol. The van der Waals surface area contributed by atoms with Gasteiger partial charge in [-0.2, -0.15) is 0 Å². The molecule has 0 spiro atoms. The molecule has 4 N–H and O–H groups in total. The average Bonchev–Trinajstić information content (AvgIpc) is 1.86. The summed E-state index contributed by atoms with van der Waals surface area (Å²) in [6.07, 6.45) is 2.62. The van der Waals surface area contributed by atoms with Crippen LogP contribution in [0.2, 0.25) is 0 Å². The standard InChI is InChI=1S/C4H6O.2CH3NS2.Cu/c1-3-5-4-2;2*2-1(3)4;/h3-4H,1-2H2;2*(H3,2,3,4);/q;;;+2/p-2. The van der Waals surface area contributed by atoms with E-state index >= 15 is 0 Å². The normalized spacial score (nSPS) is 5.43. The van der Waals surface area contributed by atoms with E-state index in [1.54, 1.807) is 0 Å². The minimum atomic E-state index is 0. The van der Waals surface area contributed by atoms with Crippen LogP contribution in [0.25, 0.3) is 0 Å². The number of nitrogens with two attached hydrogens (primary N) is 2. The van der Waals surface area contributed by atoms with Crippen molar-refractivity contribution in [3.63, 3.8) is 0 Å². The van der Waals surface area contributed by atoms with Crippen molar-refractivity contribution >= 4 is 58.3 Å². The van der Waals surface area contributed by atoms with Gasteiger partial charge in [0.2, 0.25) is 0 Å². The zero-order chi connectivity index (χ0) is 11.3. The summed E-state index contributed by atoms with van der Waals surface area (Å²) in [6, 6.07) is 0. The Morgan fingerprint density at radius 3 is 1.21 bits per heavy atom. The van der Waals surface area contributed by atoms with Gasteiger partial charge in [-0.25, -0.2) is 0 Å². The first-order valence-corrected chi connectivity index (χ1v) is 4.31. The maximum atomic E-state index is 4.66. The summed E-state index contributed by atoms with van der Waals surface area (Å²) < 4.78 is 4.53. The minimum absolute atomic E-state index is 0. The fourth-order valence-electron chi connectivity index (χ4n) is 0.0680. The van der Waals surface area contributed by atoms with E-state index in [-0.39, 0.29) is 25.7 Å². The van der Waals surface area contributed by atoms with Gasteiger partial charge in [0, 0.05) is 0 Å². The second kappa shape index (κ2) is 23.1. The van der Waals surface area contributed by atoms with Crippen LogP contribution in [0.1, 0.15) is 0 Å². The number of thiocarbonyl (C=S) groups is 2. The molecule has 0 heterocycles. The molecule has 3 nitrogen and oxygen atoms in total. The summed E-state index contributed by atoms with van der Waals surface area (Å²) in [5, 5.41) is 0. The molecule has 0 bridgehead atoms. The van der Waals surface area contributed by atoms with Crippen LogP contribution in [-0.2, 0) is 47.1 Å². The third-order valence-electron chi connectivity index (χ3n) is 0.192. The molecular weight excluding hydrogens is 308 g/mol. The van der Waals surface area contributed by atoms with Crippen molar-refractivity contribution in [2.45, 2.75) is 0 Å². The second-order valence-electron chi connectivity index (χ2n) is 1.11. The summed E-state index contributed by atoms with van der Waals surface area (Å²) in [7, 11) is 0. The van der Waals surface area contributed by atoms with Crippen molar-refractivity contribution in [1.82, 2.24) is 0 Å². The number of hydrogen-bond donors (Lipinski definition) is 2. The fraction of sp³-hybridized carbons (Fsp3) is 0.